The van der Waals surface area contributed by atoms with Crippen molar-refractivity contribution in [1.29, 1.82) is 0 Å². The molecule has 2 fully saturated rings. The molecule has 2 aliphatic heterocycles. The first-order valence-corrected chi connectivity index (χ1v) is 10.6. The third-order valence-corrected chi connectivity index (χ3v) is 5.28. The molecule has 0 radical (unpaired) electrons. The van der Waals surface area contributed by atoms with Crippen molar-refractivity contribution in [2.24, 2.45) is 4.99 Å². The molecule has 31 heavy (non-hydrogen) atoms. The average Bonchev–Trinajstić information content (AvgIpc) is 3.12. The van der Waals surface area contributed by atoms with Gasteiger partial charge in [-0.2, -0.15) is 13.2 Å². The highest BCUT2D eigenvalue weighted by Crippen LogP contribution is 2.20. The summed E-state index contributed by atoms with van der Waals surface area (Å²) in [6, 6.07) is 8.37. The van der Waals surface area contributed by atoms with Gasteiger partial charge in [-0.25, -0.2) is 4.99 Å². The van der Waals surface area contributed by atoms with Gasteiger partial charge >= 0.3 is 6.18 Å². The zero-order valence-corrected chi connectivity index (χ0v) is 20.3. The fraction of sp³-hybridized carbons (Fsp3) is 0.667. The molecule has 1 atom stereocenters. The smallest absolute Gasteiger partial charge is 0.379 e. The molecule has 10 heteroatoms. The van der Waals surface area contributed by atoms with Crippen LogP contribution in [0.4, 0.5) is 13.2 Å². The van der Waals surface area contributed by atoms with E-state index in [0.29, 0.717) is 38.6 Å². The van der Waals surface area contributed by atoms with Crippen LogP contribution in [-0.4, -0.2) is 80.5 Å². The number of alkyl halides is 3. The van der Waals surface area contributed by atoms with E-state index in [2.05, 4.69) is 38.7 Å². The molecule has 1 aromatic rings. The van der Waals surface area contributed by atoms with Crippen LogP contribution in [0.1, 0.15) is 24.5 Å². The van der Waals surface area contributed by atoms with Crippen molar-refractivity contribution in [2.75, 3.05) is 52.5 Å². The van der Waals surface area contributed by atoms with Crippen molar-refractivity contribution in [2.45, 2.75) is 38.7 Å². The number of halogens is 4. The first kappa shape index (κ1) is 26.1. The maximum absolute atomic E-state index is 12.6. The van der Waals surface area contributed by atoms with Gasteiger partial charge in [-0.05, 0) is 24.5 Å². The summed E-state index contributed by atoms with van der Waals surface area (Å²) < 4.78 is 43.2. The zero-order chi connectivity index (χ0) is 21.4. The fourth-order valence-electron chi connectivity index (χ4n) is 3.88. The van der Waals surface area contributed by atoms with Gasteiger partial charge in [0.1, 0.15) is 0 Å². The number of ether oxygens (including phenoxy) is 1. The number of hydrogen-bond acceptors (Lipinski definition) is 4. The van der Waals surface area contributed by atoms with Crippen LogP contribution in [0.3, 0.4) is 0 Å². The lowest BCUT2D eigenvalue weighted by molar-refractivity contribution is -0.143. The van der Waals surface area contributed by atoms with Crippen molar-refractivity contribution in [3.63, 3.8) is 0 Å². The lowest BCUT2D eigenvalue weighted by Crippen LogP contribution is -2.45. The highest BCUT2D eigenvalue weighted by Gasteiger charge is 2.34. The molecular formula is C21H33F3IN5O. The monoisotopic (exact) mass is 555 g/mol. The molecule has 0 spiro atoms. The van der Waals surface area contributed by atoms with Crippen molar-refractivity contribution < 1.29 is 17.9 Å². The van der Waals surface area contributed by atoms with Crippen molar-refractivity contribution in [1.82, 2.24) is 20.4 Å². The SMILES string of the molecule is CCNC(=NCc1cccc(CN2CCOCC2)c1)NC1CCN(CC(F)(F)F)C1.I. The van der Waals surface area contributed by atoms with Crippen LogP contribution in [-0.2, 0) is 17.8 Å². The van der Waals surface area contributed by atoms with Crippen LogP contribution in [0.25, 0.3) is 0 Å². The summed E-state index contributed by atoms with van der Waals surface area (Å²) in [5, 5.41) is 6.49. The number of rotatable bonds is 7. The van der Waals surface area contributed by atoms with Gasteiger partial charge in [0.2, 0.25) is 0 Å². The lowest BCUT2D eigenvalue weighted by atomic mass is 10.1. The molecule has 2 heterocycles. The quantitative estimate of drug-likeness (QED) is 0.308. The van der Waals surface area contributed by atoms with Crippen molar-refractivity contribution in [3.05, 3.63) is 35.4 Å². The van der Waals surface area contributed by atoms with Crippen LogP contribution in [0.2, 0.25) is 0 Å². The van der Waals surface area contributed by atoms with Gasteiger partial charge in [0.15, 0.2) is 5.96 Å². The number of aliphatic imine (C=N–C) groups is 1. The Morgan fingerprint density at radius 3 is 2.61 bits per heavy atom. The van der Waals surface area contributed by atoms with Gasteiger partial charge < -0.3 is 15.4 Å². The molecule has 0 amide bonds. The molecular weight excluding hydrogens is 522 g/mol. The summed E-state index contributed by atoms with van der Waals surface area (Å²) in [6.45, 7) is 7.52. The van der Waals surface area contributed by atoms with Crippen molar-refractivity contribution in [3.8, 4) is 0 Å². The van der Waals surface area contributed by atoms with E-state index in [1.807, 2.05) is 13.0 Å². The molecule has 0 aromatic heterocycles. The van der Waals surface area contributed by atoms with E-state index in [0.717, 1.165) is 38.4 Å². The number of guanidine groups is 1. The number of benzene rings is 1. The number of nitrogens with zero attached hydrogens (tertiary/aromatic N) is 3. The first-order valence-electron chi connectivity index (χ1n) is 10.6. The Hall–Kier alpha value is -1.11. The number of likely N-dealkylation sites (tertiary alicyclic amines) is 1. The van der Waals surface area contributed by atoms with Crippen LogP contribution in [0, 0.1) is 0 Å². The maximum atomic E-state index is 12.6. The van der Waals surface area contributed by atoms with Crippen LogP contribution in [0.15, 0.2) is 29.3 Å². The molecule has 0 aliphatic carbocycles. The molecule has 176 valence electrons. The largest absolute Gasteiger partial charge is 0.401 e. The van der Waals surface area contributed by atoms with E-state index in [1.165, 1.54) is 10.5 Å². The number of hydrogen-bond donors (Lipinski definition) is 2. The maximum Gasteiger partial charge on any atom is 0.401 e. The summed E-state index contributed by atoms with van der Waals surface area (Å²) >= 11 is 0. The standard InChI is InChI=1S/C21H32F3N5O.HI/c1-2-25-20(27-19-6-7-29(15-19)16-21(22,23)24)26-13-17-4-3-5-18(12-17)14-28-8-10-30-11-9-28;/h3-5,12,19H,2,6-11,13-16H2,1H3,(H2,25,26,27);1H. The predicted octanol–water partition coefficient (Wildman–Crippen LogP) is 2.83. The summed E-state index contributed by atoms with van der Waals surface area (Å²) in [4.78, 5) is 8.47. The first-order chi connectivity index (χ1) is 14.4. The topological polar surface area (TPSA) is 52.1 Å². The van der Waals surface area contributed by atoms with Crippen LogP contribution in [0.5, 0.6) is 0 Å². The van der Waals surface area contributed by atoms with Gasteiger partial charge in [0.05, 0.1) is 26.3 Å². The van der Waals surface area contributed by atoms with E-state index >= 15 is 0 Å². The van der Waals surface area contributed by atoms with Crippen LogP contribution >= 0.6 is 24.0 Å². The molecule has 2 N–H and O–H groups in total. The highest BCUT2D eigenvalue weighted by atomic mass is 127. The molecule has 1 aromatic carbocycles. The van der Waals surface area contributed by atoms with Gasteiger partial charge in [-0.3, -0.25) is 9.80 Å². The Bertz CT molecular complexity index is 698. The summed E-state index contributed by atoms with van der Waals surface area (Å²) in [6.07, 6.45) is -3.48. The number of morpholine rings is 1. The highest BCUT2D eigenvalue weighted by molar-refractivity contribution is 14.0. The van der Waals surface area contributed by atoms with E-state index in [1.54, 1.807) is 0 Å². The molecule has 0 saturated carbocycles. The molecule has 1 unspecified atom stereocenters. The van der Waals surface area contributed by atoms with E-state index in [4.69, 9.17) is 4.74 Å². The Labute approximate surface area is 199 Å². The fourth-order valence-corrected chi connectivity index (χ4v) is 3.88. The van der Waals surface area contributed by atoms with Gasteiger partial charge in [-0.15, -0.1) is 24.0 Å². The predicted molar refractivity (Wildman–Crippen MR) is 127 cm³/mol. The summed E-state index contributed by atoms with van der Waals surface area (Å²) in [7, 11) is 0. The number of nitrogens with one attached hydrogen (secondary N) is 2. The third-order valence-electron chi connectivity index (χ3n) is 5.28. The minimum atomic E-state index is -4.15. The lowest BCUT2D eigenvalue weighted by Gasteiger charge is -2.26. The normalized spacial score (nSPS) is 21.0. The van der Waals surface area contributed by atoms with Crippen LogP contribution < -0.4 is 10.6 Å². The second kappa shape index (κ2) is 12.8. The van der Waals surface area contributed by atoms with E-state index in [9.17, 15) is 13.2 Å². The second-order valence-electron chi connectivity index (χ2n) is 7.88. The minimum Gasteiger partial charge on any atom is -0.379 e. The Morgan fingerprint density at radius 1 is 1.16 bits per heavy atom. The average molecular weight is 555 g/mol. The summed E-state index contributed by atoms with van der Waals surface area (Å²) in [5.41, 5.74) is 2.37. The van der Waals surface area contributed by atoms with Crippen molar-refractivity contribution >= 4 is 29.9 Å². The summed E-state index contributed by atoms with van der Waals surface area (Å²) in [5.74, 6) is 0.648. The molecule has 2 aliphatic rings. The molecule has 6 nitrogen and oxygen atoms in total. The molecule has 2 saturated heterocycles. The van der Waals surface area contributed by atoms with E-state index < -0.39 is 12.7 Å². The third kappa shape index (κ3) is 9.50. The zero-order valence-electron chi connectivity index (χ0n) is 18.0. The second-order valence-corrected chi connectivity index (χ2v) is 7.88. The van der Waals surface area contributed by atoms with E-state index in [-0.39, 0.29) is 30.0 Å². The Kier molecular flexibility index (Phi) is 10.8. The van der Waals surface area contributed by atoms with Gasteiger partial charge in [0, 0.05) is 45.3 Å². The Balaban J connectivity index is 0.00000341. The van der Waals surface area contributed by atoms with Gasteiger partial charge in [-0.1, -0.05) is 24.3 Å². The van der Waals surface area contributed by atoms with Gasteiger partial charge in [0.25, 0.3) is 0 Å². The minimum absolute atomic E-state index is 0. The Morgan fingerprint density at radius 2 is 1.90 bits per heavy atom. The molecule has 0 bridgehead atoms. The molecule has 3 rings (SSSR count).